The Morgan fingerprint density at radius 1 is 0.821 bits per heavy atom. The molecule has 0 heterocycles. The quantitative estimate of drug-likeness (QED) is 0.427. The lowest BCUT2D eigenvalue weighted by atomic mass is 9.99. The first-order chi connectivity index (χ1) is 13.5. The molecule has 0 aliphatic heterocycles. The summed E-state index contributed by atoms with van der Waals surface area (Å²) in [5.74, 6) is -0.859. The second-order valence-electron chi connectivity index (χ2n) is 6.51. The average Bonchev–Trinajstić information content (AvgIpc) is 2.72. The molecule has 0 aromatic heterocycles. The van der Waals surface area contributed by atoms with Crippen LogP contribution in [0.2, 0.25) is 5.02 Å². The van der Waals surface area contributed by atoms with Crippen molar-refractivity contribution >= 4 is 29.0 Å². The van der Waals surface area contributed by atoms with E-state index < -0.39 is 12.1 Å². The van der Waals surface area contributed by atoms with E-state index in [0.717, 1.165) is 5.69 Å². The van der Waals surface area contributed by atoms with Crippen LogP contribution in [-0.2, 0) is 4.74 Å². The topological polar surface area (TPSA) is 46.6 Å². The Morgan fingerprint density at radius 2 is 1.39 bits per heavy atom. The summed E-state index contributed by atoms with van der Waals surface area (Å²) in [6.45, 7) is 0. The van der Waals surface area contributed by atoms with Crippen molar-refractivity contribution in [2.45, 2.75) is 6.10 Å². The Labute approximate surface area is 169 Å². The maximum Gasteiger partial charge on any atom is 0.339 e. The van der Waals surface area contributed by atoms with Crippen molar-refractivity contribution in [3.63, 3.8) is 0 Å². The van der Waals surface area contributed by atoms with E-state index in [1.165, 1.54) is 0 Å². The first-order valence-electron chi connectivity index (χ1n) is 8.79. The molecule has 0 saturated heterocycles. The van der Waals surface area contributed by atoms with Crippen LogP contribution in [0.3, 0.4) is 0 Å². The van der Waals surface area contributed by atoms with Gasteiger partial charge in [-0.2, -0.15) is 0 Å². The van der Waals surface area contributed by atoms with Crippen LogP contribution in [0.4, 0.5) is 5.69 Å². The molecule has 3 aromatic carbocycles. The summed E-state index contributed by atoms with van der Waals surface area (Å²) in [6.07, 6.45) is -1.04. The zero-order valence-corrected chi connectivity index (χ0v) is 16.4. The number of carbonyl (C=O) groups excluding carboxylic acids is 2. The van der Waals surface area contributed by atoms with Crippen LogP contribution in [-0.4, -0.2) is 25.8 Å². The molecular weight excluding hydrogens is 374 g/mol. The number of hydrogen-bond acceptors (Lipinski definition) is 4. The smallest absolute Gasteiger partial charge is 0.339 e. The average molecular weight is 394 g/mol. The highest BCUT2D eigenvalue weighted by atomic mass is 35.5. The molecule has 1 atom stereocenters. The van der Waals surface area contributed by atoms with E-state index in [2.05, 4.69) is 0 Å². The van der Waals surface area contributed by atoms with Crippen molar-refractivity contribution in [3.05, 3.63) is 101 Å². The van der Waals surface area contributed by atoms with Crippen LogP contribution < -0.4 is 4.90 Å². The number of hydrogen-bond donors (Lipinski definition) is 0. The lowest BCUT2D eigenvalue weighted by Crippen LogP contribution is -2.20. The molecule has 5 heteroatoms. The van der Waals surface area contributed by atoms with Gasteiger partial charge in [-0.3, -0.25) is 4.79 Å². The van der Waals surface area contributed by atoms with E-state index in [1.54, 1.807) is 60.7 Å². The minimum absolute atomic E-state index is 0.305. The number of anilines is 1. The molecule has 0 fully saturated rings. The fourth-order valence-electron chi connectivity index (χ4n) is 2.74. The van der Waals surface area contributed by atoms with Crippen LogP contribution in [0.1, 0.15) is 32.4 Å². The van der Waals surface area contributed by atoms with Gasteiger partial charge >= 0.3 is 5.97 Å². The van der Waals surface area contributed by atoms with Crippen LogP contribution in [0.5, 0.6) is 0 Å². The van der Waals surface area contributed by atoms with Gasteiger partial charge < -0.3 is 9.64 Å². The zero-order valence-electron chi connectivity index (χ0n) is 15.6. The second kappa shape index (κ2) is 8.72. The summed E-state index contributed by atoms with van der Waals surface area (Å²) in [6, 6.07) is 22.5. The molecule has 0 aliphatic rings. The van der Waals surface area contributed by atoms with E-state index in [9.17, 15) is 9.59 Å². The number of nitrogens with zero attached hydrogens (tertiary/aromatic N) is 1. The maximum atomic E-state index is 13.0. The van der Waals surface area contributed by atoms with Gasteiger partial charge in [-0.1, -0.05) is 41.9 Å². The Morgan fingerprint density at radius 3 is 1.96 bits per heavy atom. The predicted molar refractivity (Wildman–Crippen MR) is 111 cm³/mol. The zero-order chi connectivity index (χ0) is 20.1. The van der Waals surface area contributed by atoms with Gasteiger partial charge in [0.25, 0.3) is 0 Å². The van der Waals surface area contributed by atoms with Gasteiger partial charge in [0.05, 0.1) is 5.56 Å². The third kappa shape index (κ3) is 4.59. The number of ketones is 1. The van der Waals surface area contributed by atoms with Crippen LogP contribution in [0, 0.1) is 0 Å². The van der Waals surface area contributed by atoms with Gasteiger partial charge in [-0.15, -0.1) is 0 Å². The Balaban J connectivity index is 1.88. The van der Waals surface area contributed by atoms with Crippen LogP contribution in [0.15, 0.2) is 78.9 Å². The molecular formula is C23H20ClNO3. The van der Waals surface area contributed by atoms with Crippen molar-refractivity contribution in [3.8, 4) is 0 Å². The van der Waals surface area contributed by atoms with Gasteiger partial charge in [0, 0.05) is 35.9 Å². The summed E-state index contributed by atoms with van der Waals surface area (Å²) in [5, 5.41) is 0.533. The van der Waals surface area contributed by atoms with E-state index in [0.29, 0.717) is 21.7 Å². The van der Waals surface area contributed by atoms with Gasteiger partial charge in [0.1, 0.15) is 0 Å². The third-order valence-electron chi connectivity index (χ3n) is 4.31. The third-order valence-corrected chi connectivity index (χ3v) is 4.57. The SMILES string of the molecule is CN(C)c1ccc(C(=O)OC(C(=O)c2ccc(Cl)cc2)c2ccccc2)cc1. The molecule has 3 rings (SSSR count). The van der Waals surface area contributed by atoms with Crippen molar-refractivity contribution < 1.29 is 14.3 Å². The van der Waals surface area contributed by atoms with Crippen molar-refractivity contribution in [2.24, 2.45) is 0 Å². The first kappa shape index (κ1) is 19.6. The summed E-state index contributed by atoms with van der Waals surface area (Å²) < 4.78 is 5.63. The number of rotatable bonds is 6. The number of halogens is 1. The highest BCUT2D eigenvalue weighted by molar-refractivity contribution is 6.30. The van der Waals surface area contributed by atoms with E-state index in [4.69, 9.17) is 16.3 Å². The molecule has 0 N–H and O–H groups in total. The van der Waals surface area contributed by atoms with E-state index >= 15 is 0 Å². The summed E-state index contributed by atoms with van der Waals surface area (Å²) >= 11 is 5.91. The molecule has 28 heavy (non-hydrogen) atoms. The molecule has 3 aromatic rings. The van der Waals surface area contributed by atoms with Crippen molar-refractivity contribution in [2.75, 3.05) is 19.0 Å². The number of carbonyl (C=O) groups is 2. The lowest BCUT2D eigenvalue weighted by Gasteiger charge is -2.18. The monoisotopic (exact) mass is 393 g/mol. The lowest BCUT2D eigenvalue weighted by molar-refractivity contribution is 0.0280. The summed E-state index contributed by atoms with van der Waals surface area (Å²) in [5.41, 5.74) is 2.39. The Hall–Kier alpha value is -3.11. The number of benzene rings is 3. The molecule has 142 valence electrons. The normalized spacial score (nSPS) is 11.5. The fourth-order valence-corrected chi connectivity index (χ4v) is 2.86. The highest BCUT2D eigenvalue weighted by Gasteiger charge is 2.26. The van der Waals surface area contributed by atoms with E-state index in [-0.39, 0.29) is 5.78 Å². The second-order valence-corrected chi connectivity index (χ2v) is 6.94. The Bertz CT molecular complexity index is 951. The fraction of sp³-hybridized carbons (Fsp3) is 0.130. The van der Waals surface area contributed by atoms with Crippen molar-refractivity contribution in [1.29, 1.82) is 0 Å². The molecule has 0 spiro atoms. The van der Waals surface area contributed by atoms with Gasteiger partial charge in [-0.25, -0.2) is 4.79 Å². The Kier molecular flexibility index (Phi) is 6.12. The first-order valence-corrected chi connectivity index (χ1v) is 9.16. The molecule has 4 nitrogen and oxygen atoms in total. The number of esters is 1. The van der Waals surface area contributed by atoms with Crippen LogP contribution >= 0.6 is 11.6 Å². The maximum absolute atomic E-state index is 13.0. The summed E-state index contributed by atoms with van der Waals surface area (Å²) in [4.78, 5) is 27.7. The predicted octanol–water partition coefficient (Wildman–Crippen LogP) is 5.19. The van der Waals surface area contributed by atoms with Gasteiger partial charge in [-0.05, 0) is 48.5 Å². The van der Waals surface area contributed by atoms with Crippen molar-refractivity contribution in [1.82, 2.24) is 0 Å². The minimum Gasteiger partial charge on any atom is -0.445 e. The standard InChI is InChI=1S/C23H20ClNO3/c1-25(2)20-14-10-18(11-15-20)23(27)28-22(17-6-4-3-5-7-17)21(26)16-8-12-19(24)13-9-16/h3-15,22H,1-2H3. The largest absolute Gasteiger partial charge is 0.445 e. The number of Topliss-reactive ketones (excluding diaryl/α,β-unsaturated/α-hetero) is 1. The molecule has 0 aliphatic carbocycles. The van der Waals surface area contributed by atoms with Gasteiger partial charge in [0.15, 0.2) is 6.10 Å². The highest BCUT2D eigenvalue weighted by Crippen LogP contribution is 2.25. The molecule has 1 unspecified atom stereocenters. The summed E-state index contributed by atoms with van der Waals surface area (Å²) in [7, 11) is 3.84. The number of ether oxygens (including phenoxy) is 1. The van der Waals surface area contributed by atoms with Crippen LogP contribution in [0.25, 0.3) is 0 Å². The molecule has 0 amide bonds. The molecule has 0 saturated carbocycles. The van der Waals surface area contributed by atoms with E-state index in [1.807, 2.05) is 37.2 Å². The minimum atomic E-state index is -1.04. The molecule has 0 bridgehead atoms. The molecule has 0 radical (unpaired) electrons. The van der Waals surface area contributed by atoms with Gasteiger partial charge in [0.2, 0.25) is 5.78 Å².